The zero-order valence-corrected chi connectivity index (χ0v) is 8.31. The van der Waals surface area contributed by atoms with Crippen molar-refractivity contribution in [2.24, 2.45) is 0 Å². The predicted molar refractivity (Wildman–Crippen MR) is 47.3 cm³/mol. The van der Waals surface area contributed by atoms with Crippen molar-refractivity contribution in [1.29, 1.82) is 0 Å². The fourth-order valence-corrected chi connectivity index (χ4v) is 1.23. The van der Waals surface area contributed by atoms with E-state index in [0.29, 0.717) is 0 Å². The molecule has 1 aromatic heterocycles. The van der Waals surface area contributed by atoms with E-state index >= 15 is 0 Å². The summed E-state index contributed by atoms with van der Waals surface area (Å²) in [4.78, 5) is 3.70. The molecule has 0 aliphatic heterocycles. The summed E-state index contributed by atoms with van der Waals surface area (Å²) in [6, 6.07) is 0. The average molecular weight is 224 g/mol. The maximum atomic E-state index is 12.5. The van der Waals surface area contributed by atoms with E-state index in [9.17, 15) is 8.78 Å². The number of hydrogen-bond acceptors (Lipinski definition) is 3. The maximum absolute atomic E-state index is 12.5. The molecule has 0 amide bonds. The molecule has 0 atom stereocenters. The van der Waals surface area contributed by atoms with Crippen LogP contribution < -0.4 is 9.47 Å². The van der Waals surface area contributed by atoms with Crippen LogP contribution in [-0.2, 0) is 0 Å². The fraction of sp³-hybridized carbons (Fsp3) is 0.375. The third-order valence-electron chi connectivity index (χ3n) is 1.61. The zero-order chi connectivity index (χ0) is 10.7. The Balaban J connectivity index is 3.35. The van der Waals surface area contributed by atoms with Crippen molar-refractivity contribution in [3.63, 3.8) is 0 Å². The van der Waals surface area contributed by atoms with Crippen molar-refractivity contribution in [1.82, 2.24) is 4.98 Å². The average Bonchev–Trinajstić information content (AvgIpc) is 2.16. The number of alkyl halides is 2. The second-order valence-electron chi connectivity index (χ2n) is 2.36. The first-order chi connectivity index (χ1) is 6.61. The lowest BCUT2D eigenvalue weighted by Crippen LogP contribution is -1.99. The Kier molecular flexibility index (Phi) is 3.46. The summed E-state index contributed by atoms with van der Waals surface area (Å²) in [5.41, 5.74) is -0.402. The molecule has 0 aromatic carbocycles. The molecule has 1 rings (SSSR count). The van der Waals surface area contributed by atoms with Crippen LogP contribution in [0.3, 0.4) is 0 Å². The summed E-state index contributed by atoms with van der Waals surface area (Å²) in [7, 11) is 2.57. The number of nitrogens with zero attached hydrogens (tertiary/aromatic N) is 1. The lowest BCUT2D eigenvalue weighted by atomic mass is 10.2. The number of hydrogen-bond donors (Lipinski definition) is 0. The molecule has 0 spiro atoms. The van der Waals surface area contributed by atoms with Crippen LogP contribution in [0, 0.1) is 0 Å². The van der Waals surface area contributed by atoms with Crippen LogP contribution in [0.4, 0.5) is 8.78 Å². The molecule has 1 aromatic rings. The van der Waals surface area contributed by atoms with Gasteiger partial charge in [-0.2, -0.15) is 0 Å². The second kappa shape index (κ2) is 4.41. The summed E-state index contributed by atoms with van der Waals surface area (Å²) in [6.07, 6.45) is -1.63. The number of methoxy groups -OCH3 is 2. The van der Waals surface area contributed by atoms with Crippen molar-refractivity contribution in [3.8, 4) is 11.6 Å². The minimum atomic E-state index is -2.73. The summed E-state index contributed by atoms with van der Waals surface area (Å²) in [5, 5.41) is -0.141. The molecular formula is C8H8ClF2NO2. The van der Waals surface area contributed by atoms with Crippen molar-refractivity contribution in [2.75, 3.05) is 14.2 Å². The normalized spacial score (nSPS) is 10.4. The van der Waals surface area contributed by atoms with E-state index in [4.69, 9.17) is 21.1 Å². The molecule has 3 nitrogen and oxygen atoms in total. The van der Waals surface area contributed by atoms with E-state index in [1.54, 1.807) is 0 Å². The van der Waals surface area contributed by atoms with E-state index < -0.39 is 12.0 Å². The Labute approximate surface area is 84.6 Å². The predicted octanol–water partition coefficient (Wildman–Crippen LogP) is 2.69. The van der Waals surface area contributed by atoms with Gasteiger partial charge in [0.1, 0.15) is 0 Å². The van der Waals surface area contributed by atoms with Gasteiger partial charge in [-0.3, -0.25) is 0 Å². The Morgan fingerprint density at radius 1 is 1.36 bits per heavy atom. The van der Waals surface area contributed by atoms with Crippen molar-refractivity contribution >= 4 is 11.6 Å². The Morgan fingerprint density at radius 2 is 2.00 bits per heavy atom. The third-order valence-corrected chi connectivity index (χ3v) is 1.91. The molecule has 0 fully saturated rings. The highest BCUT2D eigenvalue weighted by Crippen LogP contribution is 2.39. The van der Waals surface area contributed by atoms with Crippen LogP contribution >= 0.6 is 11.6 Å². The van der Waals surface area contributed by atoms with E-state index in [0.717, 1.165) is 6.20 Å². The molecule has 6 heteroatoms. The van der Waals surface area contributed by atoms with Crippen LogP contribution in [0.1, 0.15) is 12.0 Å². The molecule has 1 heterocycles. The minimum Gasteiger partial charge on any atom is -0.491 e. The largest absolute Gasteiger partial charge is 0.491 e. The van der Waals surface area contributed by atoms with Gasteiger partial charge in [0.2, 0.25) is 0 Å². The molecule has 0 saturated carbocycles. The van der Waals surface area contributed by atoms with Gasteiger partial charge in [-0.1, -0.05) is 11.6 Å². The van der Waals surface area contributed by atoms with Crippen LogP contribution in [0.5, 0.6) is 11.6 Å². The van der Waals surface area contributed by atoms with Crippen LogP contribution in [-0.4, -0.2) is 19.2 Å². The lowest BCUT2D eigenvalue weighted by molar-refractivity contribution is 0.146. The van der Waals surface area contributed by atoms with Crippen molar-refractivity contribution in [2.45, 2.75) is 6.43 Å². The number of pyridine rings is 1. The van der Waals surface area contributed by atoms with Gasteiger partial charge >= 0.3 is 0 Å². The molecular weight excluding hydrogens is 216 g/mol. The quantitative estimate of drug-likeness (QED) is 0.790. The van der Waals surface area contributed by atoms with Gasteiger partial charge in [-0.05, 0) is 0 Å². The topological polar surface area (TPSA) is 31.4 Å². The first kappa shape index (κ1) is 11.0. The number of halogens is 3. The maximum Gasteiger partial charge on any atom is 0.269 e. The summed E-state index contributed by atoms with van der Waals surface area (Å²) >= 11 is 5.55. The van der Waals surface area contributed by atoms with E-state index in [-0.39, 0.29) is 16.7 Å². The van der Waals surface area contributed by atoms with Gasteiger partial charge in [0.05, 0.1) is 31.0 Å². The van der Waals surface area contributed by atoms with E-state index in [2.05, 4.69) is 4.98 Å². The number of ether oxygens (including phenoxy) is 2. The Bertz CT molecular complexity index is 333. The molecule has 0 radical (unpaired) electrons. The standard InChI is InChI=1S/C8H8ClF2NO2/c1-13-6-5(7(10)11)4(9)3-12-8(6)14-2/h3,7H,1-2H3. The monoisotopic (exact) mass is 223 g/mol. The smallest absolute Gasteiger partial charge is 0.269 e. The molecule has 0 N–H and O–H groups in total. The summed E-state index contributed by atoms with van der Waals surface area (Å²) < 4.78 is 34.6. The second-order valence-corrected chi connectivity index (χ2v) is 2.77. The SMILES string of the molecule is COc1ncc(Cl)c(C(F)F)c1OC. The molecule has 0 saturated heterocycles. The Hall–Kier alpha value is -1.10. The molecule has 0 aliphatic carbocycles. The van der Waals surface area contributed by atoms with Crippen molar-refractivity contribution < 1.29 is 18.3 Å². The fourth-order valence-electron chi connectivity index (χ4n) is 1.01. The van der Waals surface area contributed by atoms with Gasteiger partial charge < -0.3 is 9.47 Å². The first-order valence-corrected chi connectivity index (χ1v) is 4.04. The lowest BCUT2D eigenvalue weighted by Gasteiger charge is -2.11. The molecule has 0 aliphatic rings. The van der Waals surface area contributed by atoms with Gasteiger partial charge in [0.15, 0.2) is 5.75 Å². The Morgan fingerprint density at radius 3 is 2.43 bits per heavy atom. The number of rotatable bonds is 3. The number of aromatic nitrogens is 1. The third kappa shape index (κ3) is 1.87. The van der Waals surface area contributed by atoms with E-state index in [1.165, 1.54) is 14.2 Å². The highest BCUT2D eigenvalue weighted by atomic mass is 35.5. The zero-order valence-electron chi connectivity index (χ0n) is 7.55. The van der Waals surface area contributed by atoms with Gasteiger partial charge in [-0.15, -0.1) is 0 Å². The minimum absolute atomic E-state index is 0.00722. The molecule has 0 unspecified atom stereocenters. The highest BCUT2D eigenvalue weighted by Gasteiger charge is 2.22. The first-order valence-electron chi connectivity index (χ1n) is 3.66. The molecule has 14 heavy (non-hydrogen) atoms. The molecule has 0 bridgehead atoms. The van der Waals surface area contributed by atoms with E-state index in [1.807, 2.05) is 0 Å². The van der Waals surface area contributed by atoms with Gasteiger partial charge in [-0.25, -0.2) is 13.8 Å². The summed E-state index contributed by atoms with van der Waals surface area (Å²) in [6.45, 7) is 0. The van der Waals surface area contributed by atoms with Gasteiger partial charge in [0.25, 0.3) is 12.3 Å². The molecule has 78 valence electrons. The summed E-state index contributed by atoms with van der Waals surface area (Å²) in [5.74, 6) is -0.137. The van der Waals surface area contributed by atoms with Crippen LogP contribution in [0.2, 0.25) is 5.02 Å². The van der Waals surface area contributed by atoms with Crippen LogP contribution in [0.15, 0.2) is 6.20 Å². The van der Waals surface area contributed by atoms with Gasteiger partial charge in [0, 0.05) is 0 Å². The van der Waals surface area contributed by atoms with Crippen molar-refractivity contribution in [3.05, 3.63) is 16.8 Å². The highest BCUT2D eigenvalue weighted by molar-refractivity contribution is 6.31. The van der Waals surface area contributed by atoms with Crippen LogP contribution in [0.25, 0.3) is 0 Å².